The molecular formula is C11H10BrN5S. The van der Waals surface area contributed by atoms with Crippen LogP contribution in [0.5, 0.6) is 0 Å². The van der Waals surface area contributed by atoms with Crippen molar-refractivity contribution in [3.63, 3.8) is 0 Å². The van der Waals surface area contributed by atoms with Crippen molar-refractivity contribution < 1.29 is 0 Å². The zero-order valence-electron chi connectivity index (χ0n) is 9.38. The topological polar surface area (TPSA) is 55.1 Å². The molecule has 0 spiro atoms. The monoisotopic (exact) mass is 323 g/mol. The standard InChI is InChI=1S/C11H10BrN5S/c12-10-6-17-8(2-16-11(17)5-15-10)1-13-3-9-4-14-7-18-9/h2,4-7,13H,1,3H2. The van der Waals surface area contributed by atoms with Crippen LogP contribution in [0.15, 0.2) is 34.9 Å². The molecule has 0 aliphatic rings. The van der Waals surface area contributed by atoms with Crippen LogP contribution in [-0.2, 0) is 13.1 Å². The SMILES string of the molecule is Brc1cn2c(CNCc3cncs3)cnc2cn1. The molecule has 3 aromatic heterocycles. The second kappa shape index (κ2) is 5.13. The highest BCUT2D eigenvalue weighted by Gasteiger charge is 2.04. The highest BCUT2D eigenvalue weighted by Crippen LogP contribution is 2.11. The molecule has 0 radical (unpaired) electrons. The van der Waals surface area contributed by atoms with E-state index >= 15 is 0 Å². The molecule has 3 rings (SSSR count). The molecule has 0 saturated heterocycles. The van der Waals surface area contributed by atoms with Gasteiger partial charge in [-0.3, -0.25) is 9.38 Å². The Bertz CT molecular complexity index is 649. The van der Waals surface area contributed by atoms with Gasteiger partial charge in [-0.25, -0.2) is 9.97 Å². The number of imidazole rings is 1. The third kappa shape index (κ3) is 2.43. The molecule has 0 aromatic carbocycles. The van der Waals surface area contributed by atoms with Gasteiger partial charge in [0.15, 0.2) is 5.65 Å². The van der Waals surface area contributed by atoms with Crippen molar-refractivity contribution in [1.29, 1.82) is 0 Å². The van der Waals surface area contributed by atoms with Crippen LogP contribution in [0.3, 0.4) is 0 Å². The summed E-state index contributed by atoms with van der Waals surface area (Å²) in [6.07, 6.45) is 7.42. The molecule has 7 heteroatoms. The Labute approximate surface area is 116 Å². The Morgan fingerprint density at radius 3 is 3.00 bits per heavy atom. The van der Waals surface area contributed by atoms with Crippen molar-refractivity contribution in [2.45, 2.75) is 13.1 Å². The molecule has 0 unspecified atom stereocenters. The fourth-order valence-electron chi connectivity index (χ4n) is 1.69. The lowest BCUT2D eigenvalue weighted by atomic mass is 10.4. The molecule has 0 fully saturated rings. The molecule has 18 heavy (non-hydrogen) atoms. The molecule has 3 heterocycles. The van der Waals surface area contributed by atoms with Gasteiger partial charge in [-0.15, -0.1) is 11.3 Å². The first kappa shape index (κ1) is 11.8. The molecule has 3 aromatic rings. The van der Waals surface area contributed by atoms with Gasteiger partial charge in [-0.2, -0.15) is 0 Å². The number of thiazole rings is 1. The molecule has 0 aliphatic heterocycles. The Kier molecular flexibility index (Phi) is 3.35. The second-order valence-corrected chi connectivity index (χ2v) is 5.54. The highest BCUT2D eigenvalue weighted by atomic mass is 79.9. The van der Waals surface area contributed by atoms with Gasteiger partial charge in [0.05, 0.1) is 23.6 Å². The van der Waals surface area contributed by atoms with Gasteiger partial charge in [0.25, 0.3) is 0 Å². The molecule has 92 valence electrons. The van der Waals surface area contributed by atoms with Gasteiger partial charge in [-0.1, -0.05) is 0 Å². The summed E-state index contributed by atoms with van der Waals surface area (Å²) < 4.78 is 2.83. The number of aromatic nitrogens is 4. The van der Waals surface area contributed by atoms with E-state index in [0.717, 1.165) is 29.0 Å². The largest absolute Gasteiger partial charge is 0.306 e. The van der Waals surface area contributed by atoms with Gasteiger partial charge < -0.3 is 5.32 Å². The molecule has 0 bridgehead atoms. The van der Waals surface area contributed by atoms with Crippen LogP contribution in [0, 0.1) is 0 Å². The first-order chi connectivity index (χ1) is 8.83. The van der Waals surface area contributed by atoms with E-state index in [-0.39, 0.29) is 0 Å². The van der Waals surface area contributed by atoms with Crippen molar-refractivity contribution >= 4 is 32.9 Å². The van der Waals surface area contributed by atoms with Crippen molar-refractivity contribution in [3.05, 3.63) is 45.5 Å². The van der Waals surface area contributed by atoms with E-state index in [9.17, 15) is 0 Å². The number of nitrogens with one attached hydrogen (secondary N) is 1. The molecule has 5 nitrogen and oxygen atoms in total. The summed E-state index contributed by atoms with van der Waals surface area (Å²) in [5, 5.41) is 3.38. The molecule has 0 amide bonds. The maximum absolute atomic E-state index is 4.31. The summed E-state index contributed by atoms with van der Waals surface area (Å²) in [4.78, 5) is 13.7. The summed E-state index contributed by atoms with van der Waals surface area (Å²) in [5.41, 5.74) is 3.80. The number of fused-ring (bicyclic) bond motifs is 1. The quantitative estimate of drug-likeness (QED) is 0.800. The lowest BCUT2D eigenvalue weighted by molar-refractivity contribution is 0.680. The van der Waals surface area contributed by atoms with Crippen molar-refractivity contribution in [2.75, 3.05) is 0 Å². The minimum Gasteiger partial charge on any atom is -0.306 e. The smallest absolute Gasteiger partial charge is 0.155 e. The zero-order chi connectivity index (χ0) is 12.4. The predicted molar refractivity (Wildman–Crippen MR) is 73.3 cm³/mol. The highest BCUT2D eigenvalue weighted by molar-refractivity contribution is 9.10. The molecular weight excluding hydrogens is 314 g/mol. The average Bonchev–Trinajstić information content (AvgIpc) is 2.99. The van der Waals surface area contributed by atoms with Crippen molar-refractivity contribution in [3.8, 4) is 0 Å². The third-order valence-corrected chi connectivity index (χ3v) is 3.72. The molecule has 0 aliphatic carbocycles. The maximum Gasteiger partial charge on any atom is 0.155 e. The predicted octanol–water partition coefficient (Wildman–Crippen LogP) is 2.24. The number of hydrogen-bond donors (Lipinski definition) is 1. The maximum atomic E-state index is 4.31. The number of halogens is 1. The number of hydrogen-bond acceptors (Lipinski definition) is 5. The first-order valence-corrected chi connectivity index (χ1v) is 7.06. The summed E-state index contributed by atoms with van der Waals surface area (Å²) in [7, 11) is 0. The van der Waals surface area contributed by atoms with Crippen LogP contribution < -0.4 is 5.32 Å². The summed E-state index contributed by atoms with van der Waals surface area (Å²) in [5.74, 6) is 0. The average molecular weight is 324 g/mol. The van der Waals surface area contributed by atoms with E-state index in [1.165, 1.54) is 4.88 Å². The Hall–Kier alpha value is -1.31. The van der Waals surface area contributed by atoms with Crippen LogP contribution in [0.1, 0.15) is 10.6 Å². The lowest BCUT2D eigenvalue weighted by Crippen LogP contribution is -2.13. The van der Waals surface area contributed by atoms with Gasteiger partial charge in [0, 0.05) is 30.4 Å². The minimum absolute atomic E-state index is 0.759. The van der Waals surface area contributed by atoms with Crippen LogP contribution in [0.4, 0.5) is 0 Å². The Morgan fingerprint density at radius 2 is 2.17 bits per heavy atom. The van der Waals surface area contributed by atoms with Gasteiger partial charge in [0.2, 0.25) is 0 Å². The number of rotatable bonds is 4. The van der Waals surface area contributed by atoms with Crippen molar-refractivity contribution in [1.82, 2.24) is 24.7 Å². The summed E-state index contributed by atoms with van der Waals surface area (Å²) >= 11 is 5.02. The molecule has 0 saturated carbocycles. The van der Waals surface area contributed by atoms with Crippen LogP contribution in [0.25, 0.3) is 5.65 Å². The van der Waals surface area contributed by atoms with E-state index in [0.29, 0.717) is 0 Å². The van der Waals surface area contributed by atoms with Crippen LogP contribution in [-0.4, -0.2) is 19.4 Å². The van der Waals surface area contributed by atoms with E-state index in [4.69, 9.17) is 0 Å². The molecule has 1 N–H and O–H groups in total. The van der Waals surface area contributed by atoms with Crippen LogP contribution in [0.2, 0.25) is 0 Å². The number of nitrogens with zero attached hydrogens (tertiary/aromatic N) is 4. The van der Waals surface area contributed by atoms with E-state index in [1.807, 2.05) is 28.5 Å². The Morgan fingerprint density at radius 1 is 1.22 bits per heavy atom. The van der Waals surface area contributed by atoms with Crippen molar-refractivity contribution in [2.24, 2.45) is 0 Å². The summed E-state index contributed by atoms with van der Waals surface area (Å²) in [6, 6.07) is 0. The third-order valence-electron chi connectivity index (χ3n) is 2.53. The van der Waals surface area contributed by atoms with Gasteiger partial charge >= 0.3 is 0 Å². The first-order valence-electron chi connectivity index (χ1n) is 5.38. The Balaban J connectivity index is 1.72. The van der Waals surface area contributed by atoms with E-state index < -0.39 is 0 Å². The zero-order valence-corrected chi connectivity index (χ0v) is 11.8. The lowest BCUT2D eigenvalue weighted by Gasteiger charge is -2.03. The van der Waals surface area contributed by atoms with Gasteiger partial charge in [0.1, 0.15) is 4.60 Å². The van der Waals surface area contributed by atoms with Gasteiger partial charge in [-0.05, 0) is 15.9 Å². The fourth-order valence-corrected chi connectivity index (χ4v) is 2.56. The van der Waals surface area contributed by atoms with Crippen LogP contribution >= 0.6 is 27.3 Å². The normalized spacial score (nSPS) is 11.2. The van der Waals surface area contributed by atoms with E-state index in [2.05, 4.69) is 36.2 Å². The van der Waals surface area contributed by atoms with E-state index in [1.54, 1.807) is 17.5 Å². The molecule has 0 atom stereocenters. The minimum atomic E-state index is 0.759. The second-order valence-electron chi connectivity index (χ2n) is 3.76. The summed E-state index contributed by atoms with van der Waals surface area (Å²) in [6.45, 7) is 1.58. The fraction of sp³-hybridized carbons (Fsp3) is 0.182.